The molecule has 0 saturated carbocycles. The van der Waals surface area contributed by atoms with Gasteiger partial charge in [0.1, 0.15) is 6.10 Å². The number of hydrogen-bond donors (Lipinski definition) is 1. The molecule has 0 aromatic carbocycles. The van der Waals surface area contributed by atoms with Crippen LogP contribution in [0.15, 0.2) is 22.2 Å². The lowest BCUT2D eigenvalue weighted by Crippen LogP contribution is -2.32. The van der Waals surface area contributed by atoms with Gasteiger partial charge in [-0.15, -0.1) is 0 Å². The minimum Gasteiger partial charge on any atom is -0.382 e. The van der Waals surface area contributed by atoms with E-state index in [9.17, 15) is 5.11 Å². The minimum absolute atomic E-state index is 0.159. The average molecular weight is 296 g/mol. The van der Waals surface area contributed by atoms with E-state index in [2.05, 4.69) is 0 Å². The second-order valence-corrected chi connectivity index (χ2v) is 6.40. The van der Waals surface area contributed by atoms with E-state index in [1.54, 1.807) is 6.92 Å². The number of aliphatic hydroxyl groups is 1. The third-order valence-corrected chi connectivity index (χ3v) is 3.86. The first-order valence-electron chi connectivity index (χ1n) is 3.69. The molecule has 0 unspecified atom stereocenters. The first-order chi connectivity index (χ1) is 6.17. The molecule has 80 valence electrons. The van der Waals surface area contributed by atoms with Gasteiger partial charge in [-0.1, -0.05) is 70.2 Å². The molecule has 0 aromatic heterocycles. The lowest BCUT2D eigenvalue weighted by Gasteiger charge is -2.34. The second kappa shape index (κ2) is 4.04. The quantitative estimate of drug-likeness (QED) is 0.670. The Morgan fingerprint density at radius 1 is 1.21 bits per heavy atom. The van der Waals surface area contributed by atoms with E-state index < -0.39 is 15.3 Å². The van der Waals surface area contributed by atoms with E-state index in [1.807, 2.05) is 0 Å². The van der Waals surface area contributed by atoms with Crippen LogP contribution >= 0.6 is 58.0 Å². The third-order valence-electron chi connectivity index (χ3n) is 2.01. The Morgan fingerprint density at radius 3 is 1.86 bits per heavy atom. The summed E-state index contributed by atoms with van der Waals surface area (Å²) < 4.78 is -1.56. The SMILES string of the molecule is CC1(C(Cl)(Cl)Cl)C=C(Cl)C(O)C(Cl)=C1. The molecule has 0 bridgehead atoms. The molecule has 0 atom stereocenters. The maximum absolute atomic E-state index is 9.41. The van der Waals surface area contributed by atoms with Gasteiger partial charge in [0, 0.05) is 10.1 Å². The molecule has 0 spiro atoms. The third kappa shape index (κ3) is 2.34. The fraction of sp³-hybridized carbons (Fsp3) is 0.500. The summed E-state index contributed by atoms with van der Waals surface area (Å²) in [6, 6.07) is 0. The molecule has 0 saturated heterocycles. The molecule has 1 nitrogen and oxygen atoms in total. The Hall–Kier alpha value is 0.890. The normalized spacial score (nSPS) is 33.8. The molecule has 1 aliphatic carbocycles. The van der Waals surface area contributed by atoms with Crippen LogP contribution in [0.2, 0.25) is 0 Å². The van der Waals surface area contributed by atoms with Crippen molar-refractivity contribution in [1.29, 1.82) is 0 Å². The Balaban J connectivity index is 3.16. The molecule has 0 heterocycles. The van der Waals surface area contributed by atoms with Crippen molar-refractivity contribution in [2.75, 3.05) is 0 Å². The zero-order valence-corrected chi connectivity index (χ0v) is 10.8. The molecule has 1 aliphatic rings. The van der Waals surface area contributed by atoms with Crippen molar-refractivity contribution in [3.8, 4) is 0 Å². The second-order valence-electron chi connectivity index (χ2n) is 3.24. The van der Waals surface area contributed by atoms with Crippen molar-refractivity contribution in [2.24, 2.45) is 5.41 Å². The summed E-state index contributed by atoms with van der Waals surface area (Å²) in [5.41, 5.74) is -0.912. The van der Waals surface area contributed by atoms with Crippen LogP contribution in [0, 0.1) is 5.41 Å². The van der Waals surface area contributed by atoms with Crippen molar-refractivity contribution in [3.63, 3.8) is 0 Å². The number of hydrogen-bond acceptors (Lipinski definition) is 1. The van der Waals surface area contributed by atoms with Gasteiger partial charge < -0.3 is 5.11 Å². The molecule has 0 aliphatic heterocycles. The van der Waals surface area contributed by atoms with Crippen LogP contribution < -0.4 is 0 Å². The van der Waals surface area contributed by atoms with Crippen LogP contribution in [-0.2, 0) is 0 Å². The number of allylic oxidation sites excluding steroid dienone is 2. The van der Waals surface area contributed by atoms with E-state index in [0.717, 1.165) is 0 Å². The van der Waals surface area contributed by atoms with Gasteiger partial charge in [0.2, 0.25) is 3.79 Å². The summed E-state index contributed by atoms with van der Waals surface area (Å²) >= 11 is 28.8. The van der Waals surface area contributed by atoms with E-state index >= 15 is 0 Å². The van der Waals surface area contributed by atoms with Crippen LogP contribution in [0.1, 0.15) is 6.92 Å². The molecular weight excluding hydrogens is 289 g/mol. The van der Waals surface area contributed by atoms with Crippen molar-refractivity contribution in [2.45, 2.75) is 16.8 Å². The molecule has 0 fully saturated rings. The minimum atomic E-state index is -1.56. The van der Waals surface area contributed by atoms with Gasteiger partial charge in [-0.05, 0) is 6.92 Å². The van der Waals surface area contributed by atoms with Crippen molar-refractivity contribution < 1.29 is 5.11 Å². The highest BCUT2D eigenvalue weighted by Gasteiger charge is 2.44. The summed E-state index contributed by atoms with van der Waals surface area (Å²) in [5.74, 6) is 0. The topological polar surface area (TPSA) is 20.2 Å². The van der Waals surface area contributed by atoms with Gasteiger partial charge >= 0.3 is 0 Å². The summed E-state index contributed by atoms with van der Waals surface area (Å²) in [6.45, 7) is 1.66. The van der Waals surface area contributed by atoms with Crippen LogP contribution in [0.5, 0.6) is 0 Å². The average Bonchev–Trinajstić information content (AvgIpc) is 1.98. The Kier molecular flexibility index (Phi) is 3.74. The van der Waals surface area contributed by atoms with Crippen LogP contribution in [0.4, 0.5) is 0 Å². The van der Waals surface area contributed by atoms with Gasteiger partial charge in [-0.3, -0.25) is 0 Å². The highest BCUT2D eigenvalue weighted by Crippen LogP contribution is 2.50. The molecule has 1 N–H and O–H groups in total. The summed E-state index contributed by atoms with van der Waals surface area (Å²) in [7, 11) is 0. The van der Waals surface area contributed by atoms with Crippen molar-refractivity contribution in [1.82, 2.24) is 0 Å². The first kappa shape index (κ1) is 13.0. The van der Waals surface area contributed by atoms with Crippen LogP contribution in [0.25, 0.3) is 0 Å². The molecule has 14 heavy (non-hydrogen) atoms. The van der Waals surface area contributed by atoms with Gasteiger partial charge in [0.25, 0.3) is 0 Å². The highest BCUT2D eigenvalue weighted by molar-refractivity contribution is 6.68. The largest absolute Gasteiger partial charge is 0.382 e. The lowest BCUT2D eigenvalue weighted by atomic mass is 9.87. The predicted octanol–water partition coefficient (Wildman–Crippen LogP) is 3.98. The van der Waals surface area contributed by atoms with Gasteiger partial charge in [0.15, 0.2) is 0 Å². The number of alkyl halides is 3. The van der Waals surface area contributed by atoms with Gasteiger partial charge in [-0.2, -0.15) is 0 Å². The van der Waals surface area contributed by atoms with Crippen LogP contribution in [-0.4, -0.2) is 15.0 Å². The molecule has 1 rings (SSSR count). The maximum atomic E-state index is 9.41. The zero-order chi connectivity index (χ0) is 11.1. The molecule has 6 heteroatoms. The standard InChI is InChI=1S/C8H7Cl5O/c1-7(8(11,12)13)2-4(9)6(14)5(10)3-7/h2-3,6,14H,1H3. The summed E-state index contributed by atoms with van der Waals surface area (Å²) in [6.07, 6.45) is 1.95. The Labute approximate surface area is 107 Å². The van der Waals surface area contributed by atoms with E-state index in [-0.39, 0.29) is 10.1 Å². The van der Waals surface area contributed by atoms with E-state index in [0.29, 0.717) is 0 Å². The predicted molar refractivity (Wildman–Crippen MR) is 62.3 cm³/mol. The fourth-order valence-electron chi connectivity index (χ4n) is 1.07. The lowest BCUT2D eigenvalue weighted by molar-refractivity contribution is 0.255. The molecule has 0 radical (unpaired) electrons. The number of aliphatic hydroxyl groups excluding tert-OH is 1. The van der Waals surface area contributed by atoms with E-state index in [4.69, 9.17) is 58.0 Å². The summed E-state index contributed by atoms with van der Waals surface area (Å²) in [5, 5.41) is 9.73. The molecule has 0 amide bonds. The fourth-order valence-corrected chi connectivity index (χ4v) is 2.14. The number of rotatable bonds is 0. The molecule has 0 aromatic rings. The Morgan fingerprint density at radius 2 is 1.57 bits per heavy atom. The smallest absolute Gasteiger partial charge is 0.202 e. The Bertz CT molecular complexity index is 281. The van der Waals surface area contributed by atoms with Crippen LogP contribution in [0.3, 0.4) is 0 Å². The van der Waals surface area contributed by atoms with Gasteiger partial charge in [0.05, 0.1) is 5.41 Å². The van der Waals surface area contributed by atoms with Gasteiger partial charge in [-0.25, -0.2) is 0 Å². The number of halogens is 5. The highest BCUT2D eigenvalue weighted by atomic mass is 35.6. The first-order valence-corrected chi connectivity index (χ1v) is 5.57. The zero-order valence-electron chi connectivity index (χ0n) is 7.07. The maximum Gasteiger partial charge on any atom is 0.202 e. The molecular formula is C8H7Cl5O. The van der Waals surface area contributed by atoms with E-state index in [1.165, 1.54) is 12.2 Å². The van der Waals surface area contributed by atoms with Crippen molar-refractivity contribution in [3.05, 3.63) is 22.2 Å². The monoisotopic (exact) mass is 294 g/mol. The summed E-state index contributed by atoms with van der Waals surface area (Å²) in [4.78, 5) is 0. The van der Waals surface area contributed by atoms with Crippen molar-refractivity contribution >= 4 is 58.0 Å².